The van der Waals surface area contributed by atoms with Gasteiger partial charge in [-0.05, 0) is 29.8 Å². The molecule has 142 valence electrons. The van der Waals surface area contributed by atoms with Gasteiger partial charge in [0.1, 0.15) is 0 Å². The Morgan fingerprint density at radius 3 is 2.64 bits per heavy atom. The summed E-state index contributed by atoms with van der Waals surface area (Å²) < 4.78 is 5.07. The Kier molecular flexibility index (Phi) is 5.96. The largest absolute Gasteiger partial charge is 0.455 e. The number of nitrogens with zero attached hydrogens (tertiary/aromatic N) is 1. The van der Waals surface area contributed by atoms with E-state index >= 15 is 0 Å². The Labute approximate surface area is 161 Å². The molecule has 0 spiro atoms. The summed E-state index contributed by atoms with van der Waals surface area (Å²) >= 11 is 0. The highest BCUT2D eigenvalue weighted by molar-refractivity contribution is 5.97. The Bertz CT molecular complexity index is 1030. The zero-order valence-electron chi connectivity index (χ0n) is 15.3. The number of esters is 1. The molecule has 2 amide bonds. The molecule has 2 N–H and O–H groups in total. The van der Waals surface area contributed by atoms with E-state index in [0.29, 0.717) is 11.3 Å². The van der Waals surface area contributed by atoms with Gasteiger partial charge in [0.15, 0.2) is 6.61 Å². The zero-order chi connectivity index (χ0) is 19.9. The van der Waals surface area contributed by atoms with Gasteiger partial charge in [-0.1, -0.05) is 30.3 Å². The molecule has 7 heteroatoms. The Morgan fingerprint density at radius 2 is 1.82 bits per heavy atom. The lowest BCUT2D eigenvalue weighted by molar-refractivity contribution is -0.146. The van der Waals surface area contributed by atoms with Crippen LogP contribution >= 0.6 is 0 Å². The maximum atomic E-state index is 12.1. The van der Waals surface area contributed by atoms with E-state index in [9.17, 15) is 14.4 Å². The van der Waals surface area contributed by atoms with Crippen molar-refractivity contribution in [1.29, 1.82) is 0 Å². The molecule has 1 aromatic heterocycles. The fraction of sp³-hybridized carbons (Fsp3) is 0.143. The van der Waals surface area contributed by atoms with E-state index < -0.39 is 18.5 Å². The van der Waals surface area contributed by atoms with Gasteiger partial charge in [0.05, 0.1) is 11.9 Å². The van der Waals surface area contributed by atoms with Crippen molar-refractivity contribution in [2.24, 2.45) is 0 Å². The summed E-state index contributed by atoms with van der Waals surface area (Å²) in [4.78, 5) is 40.1. The van der Waals surface area contributed by atoms with E-state index in [2.05, 4.69) is 15.6 Å². The van der Waals surface area contributed by atoms with E-state index in [-0.39, 0.29) is 12.3 Å². The number of anilines is 1. The topological polar surface area (TPSA) is 97.4 Å². The fourth-order valence-electron chi connectivity index (χ4n) is 2.74. The van der Waals surface area contributed by atoms with Gasteiger partial charge in [0.25, 0.3) is 11.8 Å². The van der Waals surface area contributed by atoms with Crippen molar-refractivity contribution in [2.45, 2.75) is 6.42 Å². The first-order valence-corrected chi connectivity index (χ1v) is 8.67. The van der Waals surface area contributed by atoms with Gasteiger partial charge in [-0.3, -0.25) is 19.4 Å². The van der Waals surface area contributed by atoms with Crippen LogP contribution in [-0.4, -0.2) is 36.4 Å². The number of para-hydroxylation sites is 1. The highest BCUT2D eigenvalue weighted by Crippen LogP contribution is 2.16. The average Bonchev–Trinajstić information content (AvgIpc) is 2.72. The summed E-state index contributed by atoms with van der Waals surface area (Å²) in [6.45, 7) is -0.415. The van der Waals surface area contributed by atoms with E-state index in [1.807, 2.05) is 24.3 Å². The molecule has 0 unspecified atom stereocenters. The number of hydrogen-bond donors (Lipinski definition) is 2. The highest BCUT2D eigenvalue weighted by atomic mass is 16.5. The normalized spacial score (nSPS) is 10.3. The van der Waals surface area contributed by atoms with E-state index in [4.69, 9.17) is 4.74 Å². The average molecular weight is 377 g/mol. The maximum absolute atomic E-state index is 12.1. The summed E-state index contributed by atoms with van der Waals surface area (Å²) in [5.41, 5.74) is 2.33. The fourth-order valence-corrected chi connectivity index (χ4v) is 2.74. The number of carbonyl (C=O) groups is 3. The second-order valence-electron chi connectivity index (χ2n) is 6.04. The molecule has 0 fully saturated rings. The quantitative estimate of drug-likeness (QED) is 0.643. The summed E-state index contributed by atoms with van der Waals surface area (Å²) in [5, 5.41) is 6.05. The molecule has 2 aromatic carbocycles. The maximum Gasteiger partial charge on any atom is 0.310 e. The monoisotopic (exact) mass is 377 g/mol. The second-order valence-corrected chi connectivity index (χ2v) is 6.04. The minimum atomic E-state index is -0.521. The first-order valence-electron chi connectivity index (χ1n) is 8.67. The number of rotatable bonds is 6. The molecule has 0 aliphatic carbocycles. The predicted octanol–water partition coefficient (Wildman–Crippen LogP) is 2.32. The van der Waals surface area contributed by atoms with Crippen molar-refractivity contribution in [3.63, 3.8) is 0 Å². The minimum absolute atomic E-state index is 0.0216. The first kappa shape index (κ1) is 19.0. The highest BCUT2D eigenvalue weighted by Gasteiger charge is 2.12. The Hall–Kier alpha value is -3.74. The van der Waals surface area contributed by atoms with E-state index in [1.54, 1.807) is 36.5 Å². The van der Waals surface area contributed by atoms with Crippen LogP contribution < -0.4 is 10.6 Å². The molecule has 1 heterocycles. The molecule has 0 saturated carbocycles. The number of pyridine rings is 1. The van der Waals surface area contributed by atoms with Gasteiger partial charge >= 0.3 is 5.97 Å². The number of fused-ring (bicyclic) bond motifs is 1. The third-order valence-corrected chi connectivity index (χ3v) is 4.05. The van der Waals surface area contributed by atoms with Crippen LogP contribution in [0.1, 0.15) is 15.9 Å². The molecule has 0 bridgehead atoms. The molecule has 0 radical (unpaired) electrons. The predicted molar refractivity (Wildman–Crippen MR) is 105 cm³/mol. The Balaban J connectivity index is 1.56. The third kappa shape index (κ3) is 4.70. The smallest absolute Gasteiger partial charge is 0.310 e. The van der Waals surface area contributed by atoms with Gasteiger partial charge in [-0.2, -0.15) is 0 Å². The molecule has 3 aromatic rings. The lowest BCUT2D eigenvalue weighted by Gasteiger charge is -2.09. The molecule has 0 aliphatic rings. The van der Waals surface area contributed by atoms with Gasteiger partial charge in [0.2, 0.25) is 0 Å². The van der Waals surface area contributed by atoms with Crippen LogP contribution in [0.25, 0.3) is 10.9 Å². The molecule has 0 aliphatic heterocycles. The van der Waals surface area contributed by atoms with Crippen LogP contribution in [0.4, 0.5) is 5.69 Å². The van der Waals surface area contributed by atoms with E-state index in [1.165, 1.54) is 7.05 Å². The number of benzene rings is 2. The molecular weight excluding hydrogens is 358 g/mol. The minimum Gasteiger partial charge on any atom is -0.455 e. The van der Waals surface area contributed by atoms with Crippen LogP contribution in [-0.2, 0) is 20.7 Å². The number of nitrogens with one attached hydrogen (secondary N) is 2. The van der Waals surface area contributed by atoms with Crippen LogP contribution in [0.3, 0.4) is 0 Å². The SMILES string of the molecule is CNC(=O)c1cccc(NC(=O)COC(=O)Cc2cccc3cccnc23)c1. The van der Waals surface area contributed by atoms with Crippen LogP contribution in [0.15, 0.2) is 60.8 Å². The van der Waals surface area contributed by atoms with Crippen molar-refractivity contribution >= 4 is 34.4 Å². The first-order chi connectivity index (χ1) is 13.6. The number of aromatic nitrogens is 1. The van der Waals surface area contributed by atoms with E-state index in [0.717, 1.165) is 16.5 Å². The van der Waals surface area contributed by atoms with Crippen LogP contribution in [0.5, 0.6) is 0 Å². The number of hydrogen-bond acceptors (Lipinski definition) is 5. The summed E-state index contributed by atoms with van der Waals surface area (Å²) in [7, 11) is 1.53. The van der Waals surface area contributed by atoms with Gasteiger partial charge < -0.3 is 15.4 Å². The standard InChI is InChI=1S/C21H19N3O4/c1-22-21(27)16-7-3-9-17(11-16)24-18(25)13-28-19(26)12-15-6-2-5-14-8-4-10-23-20(14)15/h2-11H,12-13H2,1H3,(H,22,27)(H,24,25). The molecule has 3 rings (SSSR count). The second kappa shape index (κ2) is 8.77. The van der Waals surface area contributed by atoms with Crippen molar-refractivity contribution in [3.05, 3.63) is 71.9 Å². The van der Waals surface area contributed by atoms with Crippen LogP contribution in [0.2, 0.25) is 0 Å². The summed E-state index contributed by atoms with van der Waals surface area (Å²) in [5.74, 6) is -1.27. The number of amides is 2. The molecule has 0 atom stereocenters. The van der Waals surface area contributed by atoms with Gasteiger partial charge in [0, 0.05) is 29.9 Å². The summed E-state index contributed by atoms with van der Waals surface area (Å²) in [6, 6.07) is 15.8. The molecular formula is C21H19N3O4. The van der Waals surface area contributed by atoms with Crippen molar-refractivity contribution < 1.29 is 19.1 Å². The Morgan fingerprint density at radius 1 is 1.04 bits per heavy atom. The van der Waals surface area contributed by atoms with Crippen molar-refractivity contribution in [3.8, 4) is 0 Å². The molecule has 0 saturated heterocycles. The van der Waals surface area contributed by atoms with Gasteiger partial charge in [-0.15, -0.1) is 0 Å². The summed E-state index contributed by atoms with van der Waals surface area (Å²) in [6.07, 6.45) is 1.69. The number of carbonyl (C=O) groups excluding carboxylic acids is 3. The zero-order valence-corrected chi connectivity index (χ0v) is 15.3. The van der Waals surface area contributed by atoms with Crippen LogP contribution in [0, 0.1) is 0 Å². The van der Waals surface area contributed by atoms with Crippen molar-refractivity contribution in [2.75, 3.05) is 19.0 Å². The number of ether oxygens (including phenoxy) is 1. The lowest BCUT2D eigenvalue weighted by Crippen LogP contribution is -2.22. The van der Waals surface area contributed by atoms with Crippen molar-refractivity contribution in [1.82, 2.24) is 10.3 Å². The molecule has 7 nitrogen and oxygen atoms in total. The molecule has 28 heavy (non-hydrogen) atoms. The third-order valence-electron chi connectivity index (χ3n) is 4.05. The van der Waals surface area contributed by atoms with Gasteiger partial charge in [-0.25, -0.2) is 0 Å². The lowest BCUT2D eigenvalue weighted by atomic mass is 10.1.